The molecule has 88 valence electrons. The molecule has 1 aliphatic heterocycles. The number of rotatable bonds is 4. The highest BCUT2D eigenvalue weighted by molar-refractivity contribution is 5.44. The zero-order valence-electron chi connectivity index (χ0n) is 10.0. The fraction of sp³-hybridized carbons (Fsp3) is 0.571. The Labute approximate surface area is 96.6 Å². The summed E-state index contributed by atoms with van der Waals surface area (Å²) in [4.78, 5) is 0. The SMILES string of the molecule is CC(C)CC(F)Cc1cccc2c1OCC2. The maximum atomic E-state index is 13.8. The largest absolute Gasteiger partial charge is 0.493 e. The molecule has 0 aromatic heterocycles. The summed E-state index contributed by atoms with van der Waals surface area (Å²) in [6.07, 6.45) is 1.32. The summed E-state index contributed by atoms with van der Waals surface area (Å²) in [6.45, 7) is 4.85. The summed E-state index contributed by atoms with van der Waals surface area (Å²) in [5.41, 5.74) is 2.26. The van der Waals surface area contributed by atoms with E-state index in [0.717, 1.165) is 24.3 Å². The van der Waals surface area contributed by atoms with Crippen LogP contribution in [0.1, 0.15) is 31.4 Å². The molecule has 0 saturated heterocycles. The molecule has 0 spiro atoms. The van der Waals surface area contributed by atoms with Crippen molar-refractivity contribution >= 4 is 0 Å². The van der Waals surface area contributed by atoms with E-state index in [1.54, 1.807) is 0 Å². The van der Waals surface area contributed by atoms with E-state index >= 15 is 0 Å². The molecule has 16 heavy (non-hydrogen) atoms. The van der Waals surface area contributed by atoms with Crippen molar-refractivity contribution in [1.82, 2.24) is 0 Å². The van der Waals surface area contributed by atoms with Gasteiger partial charge in [-0.2, -0.15) is 0 Å². The van der Waals surface area contributed by atoms with Crippen LogP contribution in [0, 0.1) is 5.92 Å². The normalized spacial score (nSPS) is 16.0. The van der Waals surface area contributed by atoms with E-state index in [9.17, 15) is 4.39 Å². The van der Waals surface area contributed by atoms with Crippen LogP contribution in [-0.4, -0.2) is 12.8 Å². The highest BCUT2D eigenvalue weighted by Gasteiger charge is 2.18. The minimum Gasteiger partial charge on any atom is -0.493 e. The Bertz CT molecular complexity index is 360. The molecule has 0 amide bonds. The molecular weight excluding hydrogens is 203 g/mol. The van der Waals surface area contributed by atoms with Crippen LogP contribution in [0.5, 0.6) is 5.75 Å². The van der Waals surface area contributed by atoms with Crippen LogP contribution in [-0.2, 0) is 12.8 Å². The lowest BCUT2D eigenvalue weighted by Gasteiger charge is -2.13. The smallest absolute Gasteiger partial charge is 0.125 e. The number of para-hydroxylation sites is 1. The molecule has 1 nitrogen and oxygen atoms in total. The standard InChI is InChI=1S/C14H19FO/c1-10(2)8-13(15)9-12-5-3-4-11-6-7-16-14(11)12/h3-5,10,13H,6-9H2,1-2H3. The first kappa shape index (κ1) is 11.4. The van der Waals surface area contributed by atoms with Gasteiger partial charge in [-0.3, -0.25) is 0 Å². The van der Waals surface area contributed by atoms with Crippen LogP contribution in [0.3, 0.4) is 0 Å². The van der Waals surface area contributed by atoms with E-state index in [1.807, 2.05) is 12.1 Å². The highest BCUT2D eigenvalue weighted by atomic mass is 19.1. The van der Waals surface area contributed by atoms with Gasteiger partial charge in [-0.1, -0.05) is 32.0 Å². The third-order valence-electron chi connectivity index (χ3n) is 2.96. The molecule has 2 rings (SSSR count). The maximum absolute atomic E-state index is 13.8. The molecule has 0 bridgehead atoms. The Morgan fingerprint density at radius 3 is 2.94 bits per heavy atom. The molecule has 2 heteroatoms. The van der Waals surface area contributed by atoms with E-state index in [1.165, 1.54) is 5.56 Å². The summed E-state index contributed by atoms with van der Waals surface area (Å²) in [5, 5.41) is 0. The minimum absolute atomic E-state index is 0.410. The van der Waals surface area contributed by atoms with Gasteiger partial charge in [-0.05, 0) is 23.5 Å². The van der Waals surface area contributed by atoms with Gasteiger partial charge in [0.25, 0.3) is 0 Å². The number of benzene rings is 1. The van der Waals surface area contributed by atoms with Crippen LogP contribution < -0.4 is 4.74 Å². The van der Waals surface area contributed by atoms with E-state index in [0.29, 0.717) is 18.8 Å². The van der Waals surface area contributed by atoms with Crippen molar-refractivity contribution in [3.8, 4) is 5.75 Å². The number of hydrogen-bond acceptors (Lipinski definition) is 1. The lowest BCUT2D eigenvalue weighted by atomic mass is 9.98. The molecule has 1 aromatic carbocycles. The molecule has 1 atom stereocenters. The van der Waals surface area contributed by atoms with Gasteiger partial charge in [-0.15, -0.1) is 0 Å². The topological polar surface area (TPSA) is 9.23 Å². The van der Waals surface area contributed by atoms with Crippen molar-refractivity contribution in [1.29, 1.82) is 0 Å². The summed E-state index contributed by atoms with van der Waals surface area (Å²) in [7, 11) is 0. The average Bonchev–Trinajstić information content (AvgIpc) is 2.65. The van der Waals surface area contributed by atoms with Crippen LogP contribution in [0.15, 0.2) is 18.2 Å². The number of hydrogen-bond donors (Lipinski definition) is 0. The maximum Gasteiger partial charge on any atom is 0.125 e. The molecule has 0 radical (unpaired) electrons. The van der Waals surface area contributed by atoms with Crippen LogP contribution in [0.2, 0.25) is 0 Å². The Morgan fingerprint density at radius 2 is 2.19 bits per heavy atom. The van der Waals surface area contributed by atoms with Crippen LogP contribution in [0.4, 0.5) is 4.39 Å². The molecule has 0 aliphatic carbocycles. The van der Waals surface area contributed by atoms with Crippen molar-refractivity contribution < 1.29 is 9.13 Å². The zero-order chi connectivity index (χ0) is 11.5. The van der Waals surface area contributed by atoms with Gasteiger partial charge in [0.15, 0.2) is 0 Å². The average molecular weight is 222 g/mol. The van der Waals surface area contributed by atoms with Gasteiger partial charge in [0.1, 0.15) is 11.9 Å². The van der Waals surface area contributed by atoms with Gasteiger partial charge in [0, 0.05) is 12.8 Å². The first-order valence-corrected chi connectivity index (χ1v) is 6.04. The summed E-state index contributed by atoms with van der Waals surface area (Å²) >= 11 is 0. The summed E-state index contributed by atoms with van der Waals surface area (Å²) in [5.74, 6) is 1.35. The Balaban J connectivity index is 2.07. The monoisotopic (exact) mass is 222 g/mol. The van der Waals surface area contributed by atoms with Gasteiger partial charge in [0.2, 0.25) is 0 Å². The predicted octanol–water partition coefficient (Wildman–Crippen LogP) is 3.55. The van der Waals surface area contributed by atoms with Crippen LogP contribution in [0.25, 0.3) is 0 Å². The lowest BCUT2D eigenvalue weighted by molar-refractivity contribution is 0.277. The predicted molar refractivity (Wildman–Crippen MR) is 63.7 cm³/mol. The van der Waals surface area contributed by atoms with Crippen molar-refractivity contribution in [2.45, 2.75) is 39.3 Å². The van der Waals surface area contributed by atoms with E-state index in [4.69, 9.17) is 4.74 Å². The molecule has 0 saturated carbocycles. The molecule has 1 unspecified atom stereocenters. The summed E-state index contributed by atoms with van der Waals surface area (Å²) in [6, 6.07) is 6.06. The van der Waals surface area contributed by atoms with Gasteiger partial charge in [0.05, 0.1) is 6.61 Å². The number of fused-ring (bicyclic) bond motifs is 1. The number of ether oxygens (including phenoxy) is 1. The third-order valence-corrected chi connectivity index (χ3v) is 2.96. The molecule has 1 heterocycles. The van der Waals surface area contributed by atoms with Crippen molar-refractivity contribution in [2.24, 2.45) is 5.92 Å². The Kier molecular flexibility index (Phi) is 3.47. The second kappa shape index (κ2) is 4.86. The Hall–Kier alpha value is -1.05. The third kappa shape index (κ3) is 2.55. The molecule has 1 aromatic rings. The fourth-order valence-electron chi connectivity index (χ4n) is 2.28. The second-order valence-electron chi connectivity index (χ2n) is 4.93. The zero-order valence-corrected chi connectivity index (χ0v) is 10.0. The first-order chi connectivity index (χ1) is 7.66. The second-order valence-corrected chi connectivity index (χ2v) is 4.93. The number of halogens is 1. The Morgan fingerprint density at radius 1 is 1.38 bits per heavy atom. The molecule has 1 aliphatic rings. The van der Waals surface area contributed by atoms with Crippen LogP contribution >= 0.6 is 0 Å². The van der Waals surface area contributed by atoms with Gasteiger partial charge in [-0.25, -0.2) is 4.39 Å². The molecule has 0 N–H and O–H groups in total. The molecule has 0 fully saturated rings. The first-order valence-electron chi connectivity index (χ1n) is 6.04. The fourth-order valence-corrected chi connectivity index (χ4v) is 2.28. The van der Waals surface area contributed by atoms with Gasteiger partial charge < -0.3 is 4.74 Å². The molecular formula is C14H19FO. The lowest BCUT2D eigenvalue weighted by Crippen LogP contribution is -2.09. The van der Waals surface area contributed by atoms with Crippen molar-refractivity contribution in [3.05, 3.63) is 29.3 Å². The summed E-state index contributed by atoms with van der Waals surface area (Å²) < 4.78 is 19.3. The van der Waals surface area contributed by atoms with Crippen molar-refractivity contribution in [3.63, 3.8) is 0 Å². The van der Waals surface area contributed by atoms with Crippen molar-refractivity contribution in [2.75, 3.05) is 6.61 Å². The van der Waals surface area contributed by atoms with E-state index in [-0.39, 0.29) is 0 Å². The van der Waals surface area contributed by atoms with Gasteiger partial charge >= 0.3 is 0 Å². The highest BCUT2D eigenvalue weighted by Crippen LogP contribution is 2.31. The van der Waals surface area contributed by atoms with E-state index in [2.05, 4.69) is 19.9 Å². The minimum atomic E-state index is -0.754. The quantitative estimate of drug-likeness (QED) is 0.757. The number of alkyl halides is 1. The van der Waals surface area contributed by atoms with E-state index < -0.39 is 6.17 Å².